The first-order valence-electron chi connectivity index (χ1n) is 20.3. The fraction of sp³-hybridized carbons (Fsp3) is 0.0526. The van der Waals surface area contributed by atoms with Gasteiger partial charge in [0.15, 0.2) is 0 Å². The molecule has 10 rings (SSSR count). The van der Waals surface area contributed by atoms with Gasteiger partial charge in [-0.05, 0) is 127 Å². The van der Waals surface area contributed by atoms with Crippen LogP contribution in [0.1, 0.15) is 39.8 Å². The van der Waals surface area contributed by atoms with Crippen molar-refractivity contribution in [2.75, 3.05) is 4.90 Å². The number of hydrogen-bond acceptors (Lipinski definition) is 1. The van der Waals surface area contributed by atoms with Gasteiger partial charge in [-0.1, -0.05) is 188 Å². The third-order valence-corrected chi connectivity index (χ3v) is 11.6. The zero-order chi connectivity index (χ0) is 38.7. The molecule has 1 heteroatoms. The second kappa shape index (κ2) is 15.7. The van der Waals surface area contributed by atoms with Gasteiger partial charge >= 0.3 is 0 Å². The Hall–Kier alpha value is -7.22. The summed E-state index contributed by atoms with van der Waals surface area (Å²) in [5.41, 5.74) is 13.9. The lowest BCUT2D eigenvalue weighted by Crippen LogP contribution is -2.09. The normalized spacial score (nSPS) is 12.7. The van der Waals surface area contributed by atoms with Crippen LogP contribution in [0.4, 0.5) is 11.4 Å². The van der Waals surface area contributed by atoms with Gasteiger partial charge < -0.3 is 4.90 Å². The minimum atomic E-state index is 0.852. The zero-order valence-corrected chi connectivity index (χ0v) is 32.4. The number of benzene rings is 9. The van der Waals surface area contributed by atoms with Gasteiger partial charge in [0, 0.05) is 17.3 Å². The maximum Gasteiger partial charge on any atom is 0.0540 e. The van der Waals surface area contributed by atoms with Crippen molar-refractivity contribution in [1.29, 1.82) is 0 Å². The van der Waals surface area contributed by atoms with E-state index in [1.165, 1.54) is 76.8 Å². The summed E-state index contributed by atoms with van der Waals surface area (Å²) in [5, 5.41) is 7.61. The van der Waals surface area contributed by atoms with Gasteiger partial charge in [0.2, 0.25) is 0 Å². The van der Waals surface area contributed by atoms with E-state index in [1.807, 2.05) is 0 Å². The molecule has 0 N–H and O–H groups in total. The van der Waals surface area contributed by atoms with Crippen LogP contribution in [0.3, 0.4) is 0 Å². The first kappa shape index (κ1) is 35.2. The Morgan fingerprint density at radius 2 is 1.10 bits per heavy atom. The van der Waals surface area contributed by atoms with Crippen molar-refractivity contribution in [1.82, 2.24) is 0 Å². The molecule has 0 bridgehead atoms. The summed E-state index contributed by atoms with van der Waals surface area (Å²) in [4.78, 5) is 2.33. The topological polar surface area (TPSA) is 3.24 Å². The van der Waals surface area contributed by atoms with Crippen LogP contribution in [0.2, 0.25) is 0 Å². The van der Waals surface area contributed by atoms with Crippen molar-refractivity contribution in [3.63, 3.8) is 0 Å². The maximum atomic E-state index is 2.43. The molecule has 0 aliphatic heterocycles. The average Bonchev–Trinajstić information content (AvgIpc) is 3.30. The van der Waals surface area contributed by atoms with E-state index in [1.54, 1.807) is 0 Å². The minimum Gasteiger partial charge on any atom is -0.317 e. The molecule has 9 aromatic rings. The Morgan fingerprint density at radius 3 is 1.83 bits per heavy atom. The first-order valence-corrected chi connectivity index (χ1v) is 20.3. The largest absolute Gasteiger partial charge is 0.317 e. The minimum absolute atomic E-state index is 0.852. The van der Waals surface area contributed by atoms with E-state index in [-0.39, 0.29) is 0 Å². The average molecular weight is 742 g/mol. The van der Waals surface area contributed by atoms with Gasteiger partial charge in [-0.15, -0.1) is 0 Å². The molecule has 0 radical (unpaired) electrons. The molecule has 1 aliphatic carbocycles. The molecule has 58 heavy (non-hydrogen) atoms. The molecule has 0 atom stereocenters. The van der Waals surface area contributed by atoms with Gasteiger partial charge in [0.05, 0.1) is 5.69 Å². The van der Waals surface area contributed by atoms with Gasteiger partial charge in [-0.25, -0.2) is 0 Å². The van der Waals surface area contributed by atoms with Crippen LogP contribution in [-0.2, 0) is 12.8 Å². The smallest absolute Gasteiger partial charge is 0.0540 e. The lowest BCUT2D eigenvalue weighted by Gasteiger charge is -2.24. The highest BCUT2D eigenvalue weighted by Gasteiger charge is 2.18. The van der Waals surface area contributed by atoms with E-state index in [0.29, 0.717) is 0 Å². The van der Waals surface area contributed by atoms with Crippen molar-refractivity contribution in [3.05, 3.63) is 240 Å². The van der Waals surface area contributed by atoms with Crippen LogP contribution in [0, 0.1) is 0 Å². The molecule has 0 heterocycles. The Morgan fingerprint density at radius 1 is 0.517 bits per heavy atom. The summed E-state index contributed by atoms with van der Waals surface area (Å²) in [6.07, 6.45) is 14.5. The third kappa shape index (κ3) is 7.04. The van der Waals surface area contributed by atoms with E-state index < -0.39 is 0 Å². The van der Waals surface area contributed by atoms with Crippen molar-refractivity contribution in [3.8, 4) is 11.1 Å². The number of hydrogen-bond donors (Lipinski definition) is 0. The Labute approximate surface area is 341 Å². The SMILES string of the molecule is C1=Cc2c(c(/C(=C\c3ccccc3)Cc3ccc(-c4ccc(N(/C=C/c5ccccc5)c5cc6ccccc6c6ccccc56)cc4)cc3)cc3ccccc23)CC1. The van der Waals surface area contributed by atoms with Crippen LogP contribution < -0.4 is 4.90 Å². The lowest BCUT2D eigenvalue weighted by molar-refractivity contribution is 0.982. The third-order valence-electron chi connectivity index (χ3n) is 11.6. The molecule has 0 aromatic heterocycles. The fourth-order valence-electron chi connectivity index (χ4n) is 8.68. The Balaban J connectivity index is 0.988. The Bertz CT molecular complexity index is 2990. The summed E-state index contributed by atoms with van der Waals surface area (Å²) in [6, 6.07) is 70.5. The number of fused-ring (bicyclic) bond motifs is 6. The monoisotopic (exact) mass is 741 g/mol. The van der Waals surface area contributed by atoms with Crippen molar-refractivity contribution in [2.45, 2.75) is 19.3 Å². The van der Waals surface area contributed by atoms with Crippen LogP contribution in [0.15, 0.2) is 206 Å². The number of allylic oxidation sites excluding steroid dienone is 2. The van der Waals surface area contributed by atoms with Crippen molar-refractivity contribution >= 4 is 67.5 Å². The van der Waals surface area contributed by atoms with Crippen molar-refractivity contribution < 1.29 is 0 Å². The molecular formula is C57H43N. The molecule has 0 fully saturated rings. The van der Waals surface area contributed by atoms with E-state index in [2.05, 4.69) is 230 Å². The predicted molar refractivity (Wildman–Crippen MR) is 250 cm³/mol. The highest BCUT2D eigenvalue weighted by molar-refractivity contribution is 6.14. The number of nitrogens with zero attached hydrogens (tertiary/aromatic N) is 1. The molecule has 0 spiro atoms. The van der Waals surface area contributed by atoms with Crippen LogP contribution in [0.25, 0.3) is 67.2 Å². The maximum absolute atomic E-state index is 2.43. The highest BCUT2D eigenvalue weighted by Crippen LogP contribution is 2.40. The summed E-state index contributed by atoms with van der Waals surface area (Å²) in [6.45, 7) is 0. The van der Waals surface area contributed by atoms with E-state index >= 15 is 0 Å². The second-order valence-electron chi connectivity index (χ2n) is 15.2. The molecule has 276 valence electrons. The van der Waals surface area contributed by atoms with Crippen LogP contribution in [0.5, 0.6) is 0 Å². The molecular weight excluding hydrogens is 699 g/mol. The summed E-state index contributed by atoms with van der Waals surface area (Å²) < 4.78 is 0. The molecule has 0 unspecified atom stereocenters. The predicted octanol–water partition coefficient (Wildman–Crippen LogP) is 15.4. The molecule has 0 amide bonds. The van der Waals surface area contributed by atoms with E-state index in [0.717, 1.165) is 36.2 Å². The van der Waals surface area contributed by atoms with E-state index in [4.69, 9.17) is 0 Å². The van der Waals surface area contributed by atoms with Gasteiger partial charge in [-0.2, -0.15) is 0 Å². The second-order valence-corrected chi connectivity index (χ2v) is 15.2. The van der Waals surface area contributed by atoms with Gasteiger partial charge in [-0.3, -0.25) is 0 Å². The Kier molecular flexibility index (Phi) is 9.55. The standard InChI is InChI=1S/C57H43N/c1-3-15-41(16-4-1)35-36-58(57-40-47-20-8-10-22-51(47)53-24-13-14-26-55(53)57)49-33-31-45(32-34-49)44-29-27-43(28-30-44)38-48(37-42-17-5-2-6-18-42)56-39-46-19-7-9-21-50(46)52-23-11-12-25-54(52)56/h1-11,13-24,26-37,39-40H,12,25,38H2/b36-35+,48-37-. The lowest BCUT2D eigenvalue weighted by atomic mass is 9.83. The first-order chi connectivity index (χ1) is 28.7. The quantitative estimate of drug-likeness (QED) is 0.105. The van der Waals surface area contributed by atoms with Crippen molar-refractivity contribution in [2.24, 2.45) is 0 Å². The molecule has 1 aliphatic rings. The molecule has 0 saturated heterocycles. The van der Waals surface area contributed by atoms with Crippen LogP contribution in [-0.4, -0.2) is 0 Å². The zero-order valence-electron chi connectivity index (χ0n) is 32.4. The van der Waals surface area contributed by atoms with Crippen LogP contribution >= 0.6 is 0 Å². The van der Waals surface area contributed by atoms with Gasteiger partial charge in [0.1, 0.15) is 0 Å². The number of anilines is 2. The summed E-state index contributed by atoms with van der Waals surface area (Å²) >= 11 is 0. The highest BCUT2D eigenvalue weighted by atomic mass is 15.1. The summed E-state index contributed by atoms with van der Waals surface area (Å²) in [7, 11) is 0. The van der Waals surface area contributed by atoms with Gasteiger partial charge in [0.25, 0.3) is 0 Å². The fourth-order valence-corrected chi connectivity index (χ4v) is 8.68. The molecule has 9 aromatic carbocycles. The number of rotatable bonds is 9. The molecule has 0 saturated carbocycles. The van der Waals surface area contributed by atoms with E-state index in [9.17, 15) is 0 Å². The summed E-state index contributed by atoms with van der Waals surface area (Å²) in [5.74, 6) is 0. The molecule has 1 nitrogen and oxygen atoms in total.